The fourth-order valence-electron chi connectivity index (χ4n) is 0.494. The maximum atomic E-state index is 10.3. The number of quaternary nitrogens is 1. The first-order valence-electron chi connectivity index (χ1n) is 2.25. The molecule has 2 nitrogen and oxygen atoms in total. The Morgan fingerprint density at radius 1 is 1.43 bits per heavy atom. The van der Waals surface area contributed by atoms with Crippen molar-refractivity contribution in [1.82, 2.24) is 0 Å². The second-order valence-corrected chi connectivity index (χ2v) is 1.46. The van der Waals surface area contributed by atoms with Gasteiger partial charge in [0.2, 0.25) is 0 Å². The van der Waals surface area contributed by atoms with Gasteiger partial charge in [-0.25, -0.2) is 0 Å². The Balaban J connectivity index is 2.49. The Hall–Kier alpha value is -0.600. The number of nitrogens with one attached hydrogen (secondary N) is 1. The van der Waals surface area contributed by atoms with E-state index in [0.29, 0.717) is 6.54 Å². The highest BCUT2D eigenvalue weighted by Gasteiger charge is 1.87. The molecule has 1 heterocycles. The Labute approximate surface area is 42.3 Å². The van der Waals surface area contributed by atoms with E-state index in [-0.39, 0.29) is 5.06 Å². The summed E-state index contributed by atoms with van der Waals surface area (Å²) in [7, 11) is 0. The molecule has 0 amide bonds. The first kappa shape index (κ1) is 4.56. The number of hydroxylamine groups is 2. The van der Waals surface area contributed by atoms with Crippen LogP contribution in [0.25, 0.3) is 0 Å². The minimum atomic E-state index is 0.197. The molecule has 0 aliphatic carbocycles. The monoisotopic (exact) mass is 97.1 g/mol. The van der Waals surface area contributed by atoms with Gasteiger partial charge in [0.1, 0.15) is 6.54 Å². The third-order valence-corrected chi connectivity index (χ3v) is 0.848. The molecule has 1 rings (SSSR count). The van der Waals surface area contributed by atoms with Crippen molar-refractivity contribution in [3.8, 4) is 0 Å². The van der Waals surface area contributed by atoms with E-state index in [1.807, 2.05) is 12.2 Å². The fraction of sp³-hybridized carbons (Fsp3) is 0.200. The van der Waals surface area contributed by atoms with Crippen LogP contribution in [0.5, 0.6) is 0 Å². The summed E-state index contributed by atoms with van der Waals surface area (Å²) in [5.74, 6) is 0. The lowest BCUT2D eigenvalue weighted by atomic mass is 10.4. The van der Waals surface area contributed by atoms with E-state index >= 15 is 0 Å². The first-order chi connectivity index (χ1) is 3.39. The van der Waals surface area contributed by atoms with Gasteiger partial charge in [-0.15, -0.1) is 0 Å². The van der Waals surface area contributed by atoms with Gasteiger partial charge in [0.15, 0.2) is 0 Å². The fourth-order valence-corrected chi connectivity index (χ4v) is 0.494. The molecule has 0 fully saturated rings. The minimum Gasteiger partial charge on any atom is -0.629 e. The van der Waals surface area contributed by atoms with Crippen molar-refractivity contribution in [2.24, 2.45) is 0 Å². The van der Waals surface area contributed by atoms with Gasteiger partial charge in [-0.1, -0.05) is 6.08 Å². The minimum absolute atomic E-state index is 0.197. The van der Waals surface area contributed by atoms with E-state index in [0.717, 1.165) is 0 Å². The van der Waals surface area contributed by atoms with E-state index < -0.39 is 0 Å². The van der Waals surface area contributed by atoms with Crippen LogP contribution >= 0.6 is 0 Å². The smallest absolute Gasteiger partial charge is 0.100 e. The maximum absolute atomic E-state index is 10.3. The molecule has 2 heteroatoms. The van der Waals surface area contributed by atoms with Crippen LogP contribution < -0.4 is 5.06 Å². The van der Waals surface area contributed by atoms with Gasteiger partial charge in [-0.2, -0.15) is 0 Å². The average molecular weight is 97.1 g/mol. The van der Waals surface area contributed by atoms with Crippen LogP contribution in [-0.4, -0.2) is 6.54 Å². The third-order valence-electron chi connectivity index (χ3n) is 0.848. The number of allylic oxidation sites excluding steroid dienone is 2. The second kappa shape index (κ2) is 1.91. The SMILES string of the molecule is [O-][NH+]1C=CC=CC1. The lowest BCUT2D eigenvalue weighted by Crippen LogP contribution is -3.02. The molecule has 0 aromatic heterocycles. The van der Waals surface area contributed by atoms with Crippen molar-refractivity contribution in [2.75, 3.05) is 6.54 Å². The quantitative estimate of drug-likeness (QED) is 0.403. The first-order valence-corrected chi connectivity index (χ1v) is 2.25. The van der Waals surface area contributed by atoms with Crippen LogP contribution in [0.2, 0.25) is 0 Å². The summed E-state index contributed by atoms with van der Waals surface area (Å²) in [5, 5.41) is 10.5. The molecule has 1 aliphatic rings. The summed E-state index contributed by atoms with van der Waals surface area (Å²) in [5.41, 5.74) is 0. The average Bonchev–Trinajstić information content (AvgIpc) is 1.69. The maximum Gasteiger partial charge on any atom is 0.100 e. The molecule has 0 saturated heterocycles. The molecule has 1 N–H and O–H groups in total. The summed E-state index contributed by atoms with van der Waals surface area (Å²) in [4.78, 5) is 0. The molecule has 0 aromatic carbocycles. The normalized spacial score (nSPS) is 28.4. The standard InChI is InChI=1S/C5H7NO/c7-6-4-2-1-3-5-6/h1-4,6H,5H2. The van der Waals surface area contributed by atoms with Gasteiger partial charge in [0, 0.05) is 0 Å². The predicted molar refractivity (Wildman–Crippen MR) is 27.5 cm³/mol. The van der Waals surface area contributed by atoms with Crippen molar-refractivity contribution in [2.45, 2.75) is 0 Å². The summed E-state index contributed by atoms with van der Waals surface area (Å²) in [6.07, 6.45) is 7.07. The molecule has 1 aliphatic heterocycles. The van der Waals surface area contributed by atoms with Gasteiger partial charge >= 0.3 is 0 Å². The predicted octanol–water partition coefficient (Wildman–Crippen LogP) is -0.547. The second-order valence-electron chi connectivity index (χ2n) is 1.46. The van der Waals surface area contributed by atoms with Crippen LogP contribution in [0, 0.1) is 5.21 Å². The molecule has 38 valence electrons. The summed E-state index contributed by atoms with van der Waals surface area (Å²) in [6, 6.07) is 0. The Morgan fingerprint density at radius 3 is 2.57 bits per heavy atom. The summed E-state index contributed by atoms with van der Waals surface area (Å²) in [6.45, 7) is 0.580. The summed E-state index contributed by atoms with van der Waals surface area (Å²) >= 11 is 0. The van der Waals surface area contributed by atoms with E-state index in [2.05, 4.69) is 0 Å². The van der Waals surface area contributed by atoms with Gasteiger partial charge in [-0.3, -0.25) is 0 Å². The summed E-state index contributed by atoms with van der Waals surface area (Å²) < 4.78 is 0. The largest absolute Gasteiger partial charge is 0.629 e. The molecule has 1 atom stereocenters. The molecular weight excluding hydrogens is 90.1 g/mol. The van der Waals surface area contributed by atoms with Crippen LogP contribution in [0.15, 0.2) is 24.4 Å². The Bertz CT molecular complexity index is 107. The molecule has 0 saturated carbocycles. The van der Waals surface area contributed by atoms with E-state index in [9.17, 15) is 5.21 Å². The molecule has 7 heavy (non-hydrogen) atoms. The Morgan fingerprint density at radius 2 is 2.29 bits per heavy atom. The molecule has 1 unspecified atom stereocenters. The zero-order valence-corrected chi connectivity index (χ0v) is 3.92. The highest BCUT2D eigenvalue weighted by molar-refractivity contribution is 5.01. The highest BCUT2D eigenvalue weighted by atomic mass is 16.5. The molecule has 0 spiro atoms. The molecule has 0 bridgehead atoms. The lowest BCUT2D eigenvalue weighted by molar-refractivity contribution is -0.784. The van der Waals surface area contributed by atoms with Crippen molar-refractivity contribution in [1.29, 1.82) is 0 Å². The van der Waals surface area contributed by atoms with Crippen LogP contribution in [0.4, 0.5) is 0 Å². The Kier molecular flexibility index (Phi) is 1.24. The van der Waals surface area contributed by atoms with E-state index in [1.165, 1.54) is 0 Å². The molecular formula is C5H7NO. The van der Waals surface area contributed by atoms with Crippen LogP contribution in [0.1, 0.15) is 0 Å². The van der Waals surface area contributed by atoms with Crippen LogP contribution in [-0.2, 0) is 0 Å². The zero-order valence-electron chi connectivity index (χ0n) is 3.92. The van der Waals surface area contributed by atoms with Gasteiger partial charge < -0.3 is 10.3 Å². The highest BCUT2D eigenvalue weighted by Crippen LogP contribution is 1.74. The lowest BCUT2D eigenvalue weighted by Gasteiger charge is -2.15. The number of hydrogen-bond donors (Lipinski definition) is 1. The van der Waals surface area contributed by atoms with Gasteiger partial charge in [0.25, 0.3) is 0 Å². The molecule has 0 aromatic rings. The van der Waals surface area contributed by atoms with Crippen molar-refractivity contribution in [3.63, 3.8) is 0 Å². The van der Waals surface area contributed by atoms with E-state index in [4.69, 9.17) is 0 Å². The topological polar surface area (TPSA) is 27.5 Å². The zero-order chi connectivity index (χ0) is 5.11. The number of rotatable bonds is 0. The van der Waals surface area contributed by atoms with Gasteiger partial charge in [0.05, 0.1) is 6.20 Å². The van der Waals surface area contributed by atoms with Crippen LogP contribution in [0.3, 0.4) is 0 Å². The third kappa shape index (κ3) is 1.14. The van der Waals surface area contributed by atoms with Crippen molar-refractivity contribution in [3.05, 3.63) is 29.6 Å². The van der Waals surface area contributed by atoms with Crippen molar-refractivity contribution < 1.29 is 5.06 Å². The van der Waals surface area contributed by atoms with Gasteiger partial charge in [-0.05, 0) is 12.2 Å². The van der Waals surface area contributed by atoms with Crippen molar-refractivity contribution >= 4 is 0 Å². The number of hydrogen-bond acceptors (Lipinski definition) is 1. The molecule has 0 radical (unpaired) electrons. The van der Waals surface area contributed by atoms with E-state index in [1.54, 1.807) is 12.3 Å².